The highest BCUT2D eigenvalue weighted by molar-refractivity contribution is 6.30. The van der Waals surface area contributed by atoms with Crippen molar-refractivity contribution in [3.8, 4) is 0 Å². The van der Waals surface area contributed by atoms with E-state index in [2.05, 4.69) is 34.6 Å². The fourth-order valence-electron chi connectivity index (χ4n) is 2.74. The Morgan fingerprint density at radius 2 is 1.90 bits per heavy atom. The summed E-state index contributed by atoms with van der Waals surface area (Å²) in [5.74, 6) is 0.676. The molecule has 1 fully saturated rings. The summed E-state index contributed by atoms with van der Waals surface area (Å²) >= 11 is 5.92. The molecule has 20 heavy (non-hydrogen) atoms. The average Bonchev–Trinajstić information content (AvgIpc) is 2.39. The lowest BCUT2D eigenvalue weighted by molar-refractivity contribution is 0.288. The van der Waals surface area contributed by atoms with Crippen molar-refractivity contribution in [2.75, 3.05) is 0 Å². The summed E-state index contributed by atoms with van der Waals surface area (Å²) in [6.07, 6.45) is 2.40. The van der Waals surface area contributed by atoms with Gasteiger partial charge >= 0.3 is 0 Å². The summed E-state index contributed by atoms with van der Waals surface area (Å²) in [6, 6.07) is 15.0. The highest BCUT2D eigenvalue weighted by Crippen LogP contribution is 2.37. The van der Waals surface area contributed by atoms with Crippen LogP contribution in [-0.2, 0) is 6.54 Å². The Labute approximate surface area is 125 Å². The van der Waals surface area contributed by atoms with Crippen LogP contribution in [0.25, 0.3) is 0 Å². The molecule has 3 rings (SSSR count). The van der Waals surface area contributed by atoms with Gasteiger partial charge in [0.05, 0.1) is 5.69 Å². The summed E-state index contributed by atoms with van der Waals surface area (Å²) < 4.78 is 0. The van der Waals surface area contributed by atoms with Gasteiger partial charge in [-0.1, -0.05) is 29.8 Å². The van der Waals surface area contributed by atoms with Crippen LogP contribution in [0.5, 0.6) is 0 Å². The van der Waals surface area contributed by atoms with Crippen LogP contribution in [0.4, 0.5) is 0 Å². The monoisotopic (exact) mass is 286 g/mol. The Hall–Kier alpha value is -1.38. The molecule has 1 saturated carbocycles. The third kappa shape index (κ3) is 3.20. The van der Waals surface area contributed by atoms with Gasteiger partial charge in [0.1, 0.15) is 0 Å². The molecule has 0 radical (unpaired) electrons. The molecule has 2 nitrogen and oxygen atoms in total. The zero-order chi connectivity index (χ0) is 13.9. The number of aromatic nitrogens is 1. The van der Waals surface area contributed by atoms with Gasteiger partial charge in [0.25, 0.3) is 0 Å². The Morgan fingerprint density at radius 3 is 2.60 bits per heavy atom. The van der Waals surface area contributed by atoms with Crippen molar-refractivity contribution in [1.82, 2.24) is 10.3 Å². The molecule has 2 aromatic rings. The van der Waals surface area contributed by atoms with E-state index in [9.17, 15) is 0 Å². The van der Waals surface area contributed by atoms with E-state index < -0.39 is 0 Å². The summed E-state index contributed by atoms with van der Waals surface area (Å²) in [5.41, 5.74) is 3.61. The van der Waals surface area contributed by atoms with Gasteiger partial charge in [-0.2, -0.15) is 0 Å². The number of aryl methyl sites for hydroxylation is 1. The highest BCUT2D eigenvalue weighted by Gasteiger charge is 2.29. The van der Waals surface area contributed by atoms with Crippen molar-refractivity contribution in [3.63, 3.8) is 0 Å². The van der Waals surface area contributed by atoms with E-state index in [1.165, 1.54) is 18.4 Å². The van der Waals surface area contributed by atoms with E-state index in [0.29, 0.717) is 12.0 Å². The third-order valence-electron chi connectivity index (χ3n) is 4.00. The van der Waals surface area contributed by atoms with Crippen LogP contribution in [-0.4, -0.2) is 11.0 Å². The van der Waals surface area contributed by atoms with Crippen molar-refractivity contribution < 1.29 is 0 Å². The SMILES string of the molecule is Cc1cccc(CNC2CC(c3ccc(Cl)cc3)C2)n1. The molecular weight excluding hydrogens is 268 g/mol. The minimum Gasteiger partial charge on any atom is -0.308 e. The summed E-state index contributed by atoms with van der Waals surface area (Å²) in [5, 5.41) is 4.40. The van der Waals surface area contributed by atoms with E-state index in [1.54, 1.807) is 0 Å². The van der Waals surface area contributed by atoms with Gasteiger partial charge in [-0.3, -0.25) is 4.98 Å². The highest BCUT2D eigenvalue weighted by atomic mass is 35.5. The van der Waals surface area contributed by atoms with Crippen LogP contribution >= 0.6 is 11.6 Å². The number of rotatable bonds is 4. The molecule has 1 aliphatic rings. The molecule has 0 saturated heterocycles. The van der Waals surface area contributed by atoms with E-state index in [0.717, 1.165) is 23.0 Å². The van der Waals surface area contributed by atoms with Gasteiger partial charge in [-0.05, 0) is 55.5 Å². The summed E-state index contributed by atoms with van der Waals surface area (Å²) in [4.78, 5) is 4.51. The minimum atomic E-state index is 0.609. The van der Waals surface area contributed by atoms with E-state index in [-0.39, 0.29) is 0 Å². The molecular formula is C17H19ClN2. The second kappa shape index (κ2) is 5.94. The molecule has 3 heteroatoms. The number of pyridine rings is 1. The first-order valence-corrected chi connectivity index (χ1v) is 7.50. The molecule has 1 heterocycles. The number of benzene rings is 1. The molecule has 0 aliphatic heterocycles. The van der Waals surface area contributed by atoms with Crippen molar-refractivity contribution in [2.24, 2.45) is 0 Å². The maximum atomic E-state index is 5.92. The van der Waals surface area contributed by atoms with Crippen molar-refractivity contribution in [2.45, 2.75) is 38.3 Å². The summed E-state index contributed by atoms with van der Waals surface area (Å²) in [7, 11) is 0. The summed E-state index contributed by atoms with van der Waals surface area (Å²) in [6.45, 7) is 2.89. The van der Waals surface area contributed by atoms with Gasteiger partial charge in [-0.25, -0.2) is 0 Å². The number of nitrogens with one attached hydrogen (secondary N) is 1. The fraction of sp³-hybridized carbons (Fsp3) is 0.353. The van der Waals surface area contributed by atoms with Crippen molar-refractivity contribution in [1.29, 1.82) is 0 Å². The quantitative estimate of drug-likeness (QED) is 0.916. The topological polar surface area (TPSA) is 24.9 Å². The lowest BCUT2D eigenvalue weighted by Gasteiger charge is -2.36. The molecule has 0 bridgehead atoms. The zero-order valence-corrected chi connectivity index (χ0v) is 12.4. The number of halogens is 1. The first kappa shape index (κ1) is 13.6. The molecule has 1 N–H and O–H groups in total. The Morgan fingerprint density at radius 1 is 1.15 bits per heavy atom. The van der Waals surface area contributed by atoms with E-state index in [4.69, 9.17) is 11.6 Å². The van der Waals surface area contributed by atoms with Gasteiger partial charge in [0.15, 0.2) is 0 Å². The maximum absolute atomic E-state index is 5.92. The second-order valence-electron chi connectivity index (χ2n) is 5.57. The maximum Gasteiger partial charge on any atom is 0.0544 e. The molecule has 104 valence electrons. The normalized spacial score (nSPS) is 21.5. The first-order valence-electron chi connectivity index (χ1n) is 7.12. The van der Waals surface area contributed by atoms with Gasteiger partial charge in [0.2, 0.25) is 0 Å². The standard InChI is InChI=1S/C17H19ClN2/c1-12-3-2-4-16(20-12)11-19-17-9-14(10-17)13-5-7-15(18)8-6-13/h2-8,14,17,19H,9-11H2,1H3. The average molecular weight is 287 g/mol. The molecule has 0 atom stereocenters. The van der Waals surface area contributed by atoms with Gasteiger partial charge in [0, 0.05) is 23.3 Å². The van der Waals surface area contributed by atoms with Crippen LogP contribution < -0.4 is 5.32 Å². The van der Waals surface area contributed by atoms with Crippen LogP contribution in [0, 0.1) is 6.92 Å². The van der Waals surface area contributed by atoms with Gasteiger partial charge in [-0.15, -0.1) is 0 Å². The van der Waals surface area contributed by atoms with Gasteiger partial charge < -0.3 is 5.32 Å². The van der Waals surface area contributed by atoms with Crippen LogP contribution in [0.2, 0.25) is 5.02 Å². The Bertz CT molecular complexity index is 574. The van der Waals surface area contributed by atoms with Crippen molar-refractivity contribution >= 4 is 11.6 Å². The molecule has 1 aromatic heterocycles. The number of hydrogen-bond donors (Lipinski definition) is 1. The minimum absolute atomic E-state index is 0.609. The smallest absolute Gasteiger partial charge is 0.0544 e. The zero-order valence-electron chi connectivity index (χ0n) is 11.6. The van der Waals surface area contributed by atoms with Crippen LogP contribution in [0.3, 0.4) is 0 Å². The Kier molecular flexibility index (Phi) is 4.04. The molecule has 1 aromatic carbocycles. The lowest BCUT2D eigenvalue weighted by Crippen LogP contribution is -2.39. The molecule has 0 spiro atoms. The lowest BCUT2D eigenvalue weighted by atomic mass is 9.76. The number of nitrogens with zero attached hydrogens (tertiary/aromatic N) is 1. The van der Waals surface area contributed by atoms with E-state index >= 15 is 0 Å². The predicted molar refractivity (Wildman–Crippen MR) is 83.0 cm³/mol. The molecule has 0 unspecified atom stereocenters. The predicted octanol–water partition coefficient (Wildman–Crippen LogP) is 4.08. The van der Waals surface area contributed by atoms with E-state index in [1.807, 2.05) is 25.1 Å². The molecule has 0 amide bonds. The number of hydrogen-bond acceptors (Lipinski definition) is 2. The third-order valence-corrected chi connectivity index (χ3v) is 4.25. The first-order chi connectivity index (χ1) is 9.70. The molecule has 1 aliphatic carbocycles. The van der Waals surface area contributed by atoms with Crippen molar-refractivity contribution in [3.05, 3.63) is 64.4 Å². The Balaban J connectivity index is 1.48. The van der Waals surface area contributed by atoms with Crippen LogP contribution in [0.15, 0.2) is 42.5 Å². The van der Waals surface area contributed by atoms with Crippen LogP contribution in [0.1, 0.15) is 35.7 Å². The largest absolute Gasteiger partial charge is 0.308 e. The fourth-order valence-corrected chi connectivity index (χ4v) is 2.86. The second-order valence-corrected chi connectivity index (χ2v) is 6.00.